The molecule has 0 bridgehead atoms. The fourth-order valence-corrected chi connectivity index (χ4v) is 4.01. The highest BCUT2D eigenvalue weighted by Crippen LogP contribution is 2.35. The van der Waals surface area contributed by atoms with Crippen LogP contribution in [0.2, 0.25) is 0 Å². The predicted molar refractivity (Wildman–Crippen MR) is 92.7 cm³/mol. The fraction of sp³-hybridized carbons (Fsp3) is 1.00. The second-order valence-corrected chi connectivity index (χ2v) is 7.14. The van der Waals surface area contributed by atoms with Crippen molar-refractivity contribution < 1.29 is 4.74 Å². The van der Waals surface area contributed by atoms with Crippen molar-refractivity contribution in [3.63, 3.8) is 0 Å². The van der Waals surface area contributed by atoms with Gasteiger partial charge in [-0.2, -0.15) is 0 Å². The standard InChI is InChI=1S/C19H39NO/c1-6-7-8-9-10-11-12-13-14-18(20-5)19-15(2)16(3)21-17(19)4/h15-20H,6-14H2,1-5H3. The minimum atomic E-state index is 0.404. The molecular weight excluding hydrogens is 258 g/mol. The Morgan fingerprint density at radius 3 is 1.90 bits per heavy atom. The van der Waals surface area contributed by atoms with Gasteiger partial charge in [-0.25, -0.2) is 0 Å². The van der Waals surface area contributed by atoms with Gasteiger partial charge in [-0.15, -0.1) is 0 Å². The van der Waals surface area contributed by atoms with E-state index in [-0.39, 0.29) is 0 Å². The van der Waals surface area contributed by atoms with Crippen molar-refractivity contribution in [3.8, 4) is 0 Å². The molecule has 2 nitrogen and oxygen atoms in total. The van der Waals surface area contributed by atoms with Gasteiger partial charge in [-0.3, -0.25) is 0 Å². The molecule has 1 fully saturated rings. The minimum Gasteiger partial charge on any atom is -0.375 e. The number of hydrogen-bond acceptors (Lipinski definition) is 2. The van der Waals surface area contributed by atoms with Gasteiger partial charge >= 0.3 is 0 Å². The van der Waals surface area contributed by atoms with Crippen LogP contribution in [0.3, 0.4) is 0 Å². The Balaban J connectivity index is 2.17. The molecule has 0 amide bonds. The third-order valence-corrected chi connectivity index (χ3v) is 5.52. The Hall–Kier alpha value is -0.0800. The summed E-state index contributed by atoms with van der Waals surface area (Å²) >= 11 is 0. The van der Waals surface area contributed by atoms with Crippen molar-refractivity contribution in [1.29, 1.82) is 0 Å². The average Bonchev–Trinajstić information content (AvgIpc) is 2.72. The first kappa shape index (κ1) is 19.0. The molecule has 0 aliphatic carbocycles. The summed E-state index contributed by atoms with van der Waals surface area (Å²) in [5, 5.41) is 3.56. The molecule has 0 aromatic heterocycles. The monoisotopic (exact) mass is 297 g/mol. The molecule has 1 aliphatic rings. The molecule has 1 rings (SSSR count). The number of ether oxygens (including phenoxy) is 1. The first-order chi connectivity index (χ1) is 10.1. The van der Waals surface area contributed by atoms with Gasteiger partial charge in [0, 0.05) is 12.0 Å². The molecule has 1 N–H and O–H groups in total. The molecule has 0 aromatic carbocycles. The van der Waals surface area contributed by atoms with Crippen molar-refractivity contribution in [1.82, 2.24) is 5.32 Å². The van der Waals surface area contributed by atoms with Crippen LogP contribution in [-0.2, 0) is 4.74 Å². The Morgan fingerprint density at radius 1 is 0.857 bits per heavy atom. The number of rotatable bonds is 11. The zero-order valence-electron chi connectivity index (χ0n) is 15.2. The van der Waals surface area contributed by atoms with E-state index in [1.807, 2.05) is 0 Å². The molecule has 5 unspecified atom stereocenters. The quantitative estimate of drug-likeness (QED) is 0.532. The van der Waals surface area contributed by atoms with Crippen molar-refractivity contribution in [2.45, 2.75) is 104 Å². The van der Waals surface area contributed by atoms with Gasteiger partial charge < -0.3 is 10.1 Å². The van der Waals surface area contributed by atoms with Crippen molar-refractivity contribution in [3.05, 3.63) is 0 Å². The summed E-state index contributed by atoms with van der Waals surface area (Å²) in [7, 11) is 2.12. The summed E-state index contributed by atoms with van der Waals surface area (Å²) in [6, 6.07) is 0.625. The van der Waals surface area contributed by atoms with E-state index in [1.54, 1.807) is 0 Å². The van der Waals surface area contributed by atoms with Crippen molar-refractivity contribution >= 4 is 0 Å². The summed E-state index contributed by atoms with van der Waals surface area (Å²) in [6.07, 6.45) is 13.4. The lowest BCUT2D eigenvalue weighted by Crippen LogP contribution is -2.40. The van der Waals surface area contributed by atoms with Gasteiger partial charge in [0.15, 0.2) is 0 Å². The molecule has 21 heavy (non-hydrogen) atoms. The molecule has 0 spiro atoms. The molecule has 1 heterocycles. The summed E-state index contributed by atoms with van der Waals surface area (Å²) in [5.74, 6) is 1.35. The van der Waals surface area contributed by atoms with E-state index in [0.717, 1.165) is 0 Å². The van der Waals surface area contributed by atoms with Crippen LogP contribution in [0.15, 0.2) is 0 Å². The van der Waals surface area contributed by atoms with Gasteiger partial charge in [-0.1, -0.05) is 65.2 Å². The molecule has 0 radical (unpaired) electrons. The maximum absolute atomic E-state index is 6.01. The third kappa shape index (κ3) is 6.28. The minimum absolute atomic E-state index is 0.404. The molecule has 2 heteroatoms. The number of unbranched alkanes of at least 4 members (excludes halogenated alkanes) is 7. The highest BCUT2D eigenvalue weighted by atomic mass is 16.5. The maximum Gasteiger partial charge on any atom is 0.0597 e. The summed E-state index contributed by atoms with van der Waals surface area (Å²) < 4.78 is 6.01. The maximum atomic E-state index is 6.01. The van der Waals surface area contributed by atoms with Crippen LogP contribution in [0.4, 0.5) is 0 Å². The van der Waals surface area contributed by atoms with Crippen LogP contribution in [0.1, 0.15) is 85.5 Å². The zero-order chi connectivity index (χ0) is 15.7. The largest absolute Gasteiger partial charge is 0.375 e. The second-order valence-electron chi connectivity index (χ2n) is 7.14. The van der Waals surface area contributed by atoms with E-state index in [2.05, 4.69) is 40.1 Å². The molecule has 0 aromatic rings. The first-order valence-corrected chi connectivity index (χ1v) is 9.44. The van der Waals surface area contributed by atoms with Crippen molar-refractivity contribution in [2.75, 3.05) is 7.05 Å². The van der Waals surface area contributed by atoms with Crippen LogP contribution < -0.4 is 5.32 Å². The first-order valence-electron chi connectivity index (χ1n) is 9.44. The Kier molecular flexibility index (Phi) is 9.59. The normalized spacial score (nSPS) is 30.7. The van der Waals surface area contributed by atoms with Gasteiger partial charge in [0.1, 0.15) is 0 Å². The van der Waals surface area contributed by atoms with Crippen LogP contribution in [0.25, 0.3) is 0 Å². The molecule has 0 saturated carbocycles. The summed E-state index contributed by atoms with van der Waals surface area (Å²) in [4.78, 5) is 0. The van der Waals surface area contributed by atoms with E-state index in [1.165, 1.54) is 57.8 Å². The third-order valence-electron chi connectivity index (χ3n) is 5.52. The molecule has 1 aliphatic heterocycles. The highest BCUT2D eigenvalue weighted by Gasteiger charge is 2.40. The summed E-state index contributed by atoms with van der Waals surface area (Å²) in [5.41, 5.74) is 0. The molecule has 1 saturated heterocycles. The lowest BCUT2D eigenvalue weighted by atomic mass is 9.81. The number of hydrogen-bond donors (Lipinski definition) is 1. The second kappa shape index (κ2) is 10.6. The lowest BCUT2D eigenvalue weighted by molar-refractivity contribution is 0.0474. The Labute approximate surface area is 133 Å². The van der Waals surface area contributed by atoms with E-state index in [4.69, 9.17) is 4.74 Å². The van der Waals surface area contributed by atoms with Crippen molar-refractivity contribution in [2.24, 2.45) is 11.8 Å². The fourth-order valence-electron chi connectivity index (χ4n) is 4.01. The van der Waals surface area contributed by atoms with E-state index in [9.17, 15) is 0 Å². The van der Waals surface area contributed by atoms with Gasteiger partial charge in [-0.05, 0) is 33.2 Å². The smallest absolute Gasteiger partial charge is 0.0597 e. The van der Waals surface area contributed by atoms with Gasteiger partial charge in [0.25, 0.3) is 0 Å². The van der Waals surface area contributed by atoms with Gasteiger partial charge in [0.2, 0.25) is 0 Å². The lowest BCUT2D eigenvalue weighted by Gasteiger charge is -2.28. The summed E-state index contributed by atoms with van der Waals surface area (Å²) in [6.45, 7) is 9.12. The SMILES string of the molecule is CCCCCCCCCCC(NC)C1C(C)OC(C)C1C. The number of nitrogens with one attached hydrogen (secondary N) is 1. The topological polar surface area (TPSA) is 21.3 Å². The Morgan fingerprint density at radius 2 is 1.43 bits per heavy atom. The van der Waals surface area contributed by atoms with Crippen LogP contribution in [-0.4, -0.2) is 25.3 Å². The van der Waals surface area contributed by atoms with Gasteiger partial charge in [0.05, 0.1) is 12.2 Å². The van der Waals surface area contributed by atoms with E-state index in [0.29, 0.717) is 30.1 Å². The highest BCUT2D eigenvalue weighted by molar-refractivity contribution is 4.91. The van der Waals surface area contributed by atoms with Crippen LogP contribution >= 0.6 is 0 Å². The molecule has 126 valence electrons. The molecular formula is C19H39NO. The zero-order valence-corrected chi connectivity index (χ0v) is 15.2. The molecule has 5 atom stereocenters. The predicted octanol–water partition coefficient (Wildman–Crippen LogP) is 5.16. The van der Waals surface area contributed by atoms with Crippen LogP contribution in [0, 0.1) is 11.8 Å². The van der Waals surface area contributed by atoms with E-state index < -0.39 is 0 Å². The Bertz CT molecular complexity index is 256. The average molecular weight is 298 g/mol. The van der Waals surface area contributed by atoms with Crippen LogP contribution in [0.5, 0.6) is 0 Å². The van der Waals surface area contributed by atoms with E-state index >= 15 is 0 Å².